The summed E-state index contributed by atoms with van der Waals surface area (Å²) < 4.78 is 0. The first-order valence-corrected chi connectivity index (χ1v) is 6.78. The van der Waals surface area contributed by atoms with Gasteiger partial charge >= 0.3 is 0 Å². The van der Waals surface area contributed by atoms with Crippen LogP contribution in [0.4, 0.5) is 0 Å². The second-order valence-corrected chi connectivity index (χ2v) is 5.64. The molecule has 1 aromatic carbocycles. The van der Waals surface area contributed by atoms with Crippen LogP contribution in [0.1, 0.15) is 24.8 Å². The molecule has 100 valence electrons. The van der Waals surface area contributed by atoms with Crippen LogP contribution in [0.25, 0.3) is 0 Å². The van der Waals surface area contributed by atoms with Gasteiger partial charge in [0, 0.05) is 13.1 Å². The summed E-state index contributed by atoms with van der Waals surface area (Å²) in [6.45, 7) is 2.09. The van der Waals surface area contributed by atoms with E-state index in [2.05, 4.69) is 11.9 Å². The Morgan fingerprint density at radius 1 is 1.33 bits per heavy atom. The van der Waals surface area contributed by atoms with Crippen LogP contribution in [0.15, 0.2) is 30.3 Å². The molecule has 18 heavy (non-hydrogen) atoms. The summed E-state index contributed by atoms with van der Waals surface area (Å²) in [5, 5.41) is 9.60. The third-order valence-electron chi connectivity index (χ3n) is 3.84. The van der Waals surface area contributed by atoms with Gasteiger partial charge < -0.3 is 15.7 Å². The fraction of sp³-hybridized carbons (Fsp3) is 0.600. The van der Waals surface area contributed by atoms with E-state index in [-0.39, 0.29) is 6.61 Å². The lowest BCUT2D eigenvalue weighted by atomic mass is 9.88. The molecule has 0 amide bonds. The van der Waals surface area contributed by atoms with Crippen molar-refractivity contribution in [3.05, 3.63) is 35.9 Å². The molecule has 3 nitrogen and oxygen atoms in total. The average Bonchev–Trinajstić information content (AvgIpc) is 3.21. The van der Waals surface area contributed by atoms with Crippen molar-refractivity contribution in [1.29, 1.82) is 0 Å². The summed E-state index contributed by atoms with van der Waals surface area (Å²) in [7, 11) is 2.14. The van der Waals surface area contributed by atoms with Gasteiger partial charge in [-0.15, -0.1) is 0 Å². The number of aliphatic hydroxyl groups is 1. The van der Waals surface area contributed by atoms with Crippen molar-refractivity contribution in [3.8, 4) is 0 Å². The second-order valence-electron chi connectivity index (χ2n) is 5.64. The molecule has 1 atom stereocenters. The van der Waals surface area contributed by atoms with Gasteiger partial charge in [-0.05, 0) is 37.8 Å². The zero-order valence-electron chi connectivity index (χ0n) is 11.2. The molecule has 2 rings (SSSR count). The van der Waals surface area contributed by atoms with Gasteiger partial charge in [0.05, 0.1) is 12.1 Å². The van der Waals surface area contributed by atoms with E-state index in [1.807, 2.05) is 30.3 Å². The van der Waals surface area contributed by atoms with E-state index in [9.17, 15) is 5.11 Å². The number of nitrogens with two attached hydrogens (primary N) is 1. The van der Waals surface area contributed by atoms with Gasteiger partial charge in [0.25, 0.3) is 0 Å². The minimum Gasteiger partial charge on any atom is -0.394 e. The van der Waals surface area contributed by atoms with E-state index in [1.54, 1.807) is 0 Å². The van der Waals surface area contributed by atoms with Gasteiger partial charge in [0.1, 0.15) is 0 Å². The molecule has 0 spiro atoms. The monoisotopic (exact) mass is 248 g/mol. The van der Waals surface area contributed by atoms with E-state index < -0.39 is 5.54 Å². The Kier molecular flexibility index (Phi) is 4.38. The Hall–Kier alpha value is -0.900. The van der Waals surface area contributed by atoms with Crippen LogP contribution in [-0.2, 0) is 5.54 Å². The summed E-state index contributed by atoms with van der Waals surface area (Å²) in [4.78, 5) is 2.33. The molecule has 0 radical (unpaired) electrons. The Morgan fingerprint density at radius 2 is 2.00 bits per heavy atom. The van der Waals surface area contributed by atoms with Crippen LogP contribution in [0, 0.1) is 5.92 Å². The van der Waals surface area contributed by atoms with Gasteiger partial charge in [-0.1, -0.05) is 30.3 Å². The maximum atomic E-state index is 9.60. The molecule has 0 heterocycles. The molecule has 0 aliphatic heterocycles. The van der Waals surface area contributed by atoms with Crippen LogP contribution in [0.2, 0.25) is 0 Å². The zero-order chi connectivity index (χ0) is 13.0. The van der Waals surface area contributed by atoms with Crippen molar-refractivity contribution < 1.29 is 5.11 Å². The van der Waals surface area contributed by atoms with Crippen molar-refractivity contribution in [2.75, 3.05) is 26.7 Å². The van der Waals surface area contributed by atoms with Crippen molar-refractivity contribution in [1.82, 2.24) is 4.90 Å². The van der Waals surface area contributed by atoms with E-state index >= 15 is 0 Å². The van der Waals surface area contributed by atoms with Gasteiger partial charge in [-0.25, -0.2) is 0 Å². The fourth-order valence-electron chi connectivity index (χ4n) is 2.31. The molecule has 0 saturated heterocycles. The SMILES string of the molecule is CN(CCC(N)(CO)c1ccccc1)CC1CC1. The molecule has 0 bridgehead atoms. The highest BCUT2D eigenvalue weighted by atomic mass is 16.3. The van der Waals surface area contributed by atoms with Crippen LogP contribution >= 0.6 is 0 Å². The highest BCUT2D eigenvalue weighted by Crippen LogP contribution is 2.30. The molecule has 1 aliphatic rings. The molecule has 3 N–H and O–H groups in total. The molecular weight excluding hydrogens is 224 g/mol. The number of benzene rings is 1. The predicted octanol–water partition coefficient (Wildman–Crippen LogP) is 1.56. The quantitative estimate of drug-likeness (QED) is 0.770. The first kappa shape index (κ1) is 13.5. The van der Waals surface area contributed by atoms with E-state index in [0.717, 1.165) is 31.0 Å². The summed E-state index contributed by atoms with van der Waals surface area (Å²) in [6.07, 6.45) is 3.53. The number of aliphatic hydroxyl groups excluding tert-OH is 1. The van der Waals surface area contributed by atoms with Crippen LogP contribution in [-0.4, -0.2) is 36.8 Å². The molecule has 0 aromatic heterocycles. The maximum Gasteiger partial charge on any atom is 0.0656 e. The van der Waals surface area contributed by atoms with Gasteiger partial charge in [0.15, 0.2) is 0 Å². The van der Waals surface area contributed by atoms with Crippen molar-refractivity contribution in [2.24, 2.45) is 11.7 Å². The minimum absolute atomic E-state index is 0.00567. The highest BCUT2D eigenvalue weighted by molar-refractivity contribution is 5.24. The minimum atomic E-state index is -0.612. The molecular formula is C15H24N2O. The maximum absolute atomic E-state index is 9.60. The first-order valence-electron chi connectivity index (χ1n) is 6.78. The van der Waals surface area contributed by atoms with Gasteiger partial charge in [0.2, 0.25) is 0 Å². The largest absolute Gasteiger partial charge is 0.394 e. The van der Waals surface area contributed by atoms with E-state index in [4.69, 9.17) is 5.73 Å². The third kappa shape index (κ3) is 3.55. The van der Waals surface area contributed by atoms with Crippen LogP contribution < -0.4 is 5.73 Å². The lowest BCUT2D eigenvalue weighted by Crippen LogP contribution is -2.43. The van der Waals surface area contributed by atoms with E-state index in [1.165, 1.54) is 12.8 Å². The normalized spacial score (nSPS) is 18.9. The molecule has 1 saturated carbocycles. The third-order valence-corrected chi connectivity index (χ3v) is 3.84. The van der Waals surface area contributed by atoms with Gasteiger partial charge in [-0.3, -0.25) is 0 Å². The topological polar surface area (TPSA) is 49.5 Å². The summed E-state index contributed by atoms with van der Waals surface area (Å²) in [5.41, 5.74) is 6.75. The molecule has 1 unspecified atom stereocenters. The summed E-state index contributed by atoms with van der Waals surface area (Å²) in [5.74, 6) is 0.896. The zero-order valence-corrected chi connectivity index (χ0v) is 11.2. The molecule has 1 aromatic rings. The highest BCUT2D eigenvalue weighted by Gasteiger charge is 2.28. The summed E-state index contributed by atoms with van der Waals surface area (Å²) in [6, 6.07) is 9.91. The number of rotatable bonds is 7. The van der Waals surface area contributed by atoms with Gasteiger partial charge in [-0.2, -0.15) is 0 Å². The molecule has 1 aliphatic carbocycles. The first-order chi connectivity index (χ1) is 8.64. The number of hydrogen-bond donors (Lipinski definition) is 2. The van der Waals surface area contributed by atoms with Crippen LogP contribution in [0.5, 0.6) is 0 Å². The Bertz CT molecular complexity index is 364. The smallest absolute Gasteiger partial charge is 0.0656 e. The number of nitrogens with zero attached hydrogens (tertiary/aromatic N) is 1. The molecule has 1 fully saturated rings. The standard InChI is InChI=1S/C15H24N2O/c1-17(11-13-7-8-13)10-9-15(16,12-18)14-5-3-2-4-6-14/h2-6,13,18H,7-12,16H2,1H3. The lowest BCUT2D eigenvalue weighted by Gasteiger charge is -2.30. The molecule has 3 heteroatoms. The van der Waals surface area contributed by atoms with Crippen LogP contribution in [0.3, 0.4) is 0 Å². The van der Waals surface area contributed by atoms with Crippen molar-refractivity contribution in [2.45, 2.75) is 24.8 Å². The predicted molar refractivity (Wildman–Crippen MR) is 74.2 cm³/mol. The Morgan fingerprint density at radius 3 is 2.56 bits per heavy atom. The fourth-order valence-corrected chi connectivity index (χ4v) is 2.31. The van der Waals surface area contributed by atoms with Crippen molar-refractivity contribution >= 4 is 0 Å². The summed E-state index contributed by atoms with van der Waals surface area (Å²) >= 11 is 0. The number of hydrogen-bond acceptors (Lipinski definition) is 3. The van der Waals surface area contributed by atoms with E-state index in [0.29, 0.717) is 0 Å². The second kappa shape index (κ2) is 5.83. The average molecular weight is 248 g/mol. The lowest BCUT2D eigenvalue weighted by molar-refractivity contribution is 0.169. The Balaban J connectivity index is 1.90. The van der Waals surface area contributed by atoms with Crippen molar-refractivity contribution in [3.63, 3.8) is 0 Å². The Labute approximate surface area is 110 Å².